The number of benzene rings is 1. The van der Waals surface area contributed by atoms with Crippen LogP contribution in [0.2, 0.25) is 0 Å². The van der Waals surface area contributed by atoms with Gasteiger partial charge in [0.15, 0.2) is 5.13 Å². The molecule has 0 unspecified atom stereocenters. The Hall–Kier alpha value is -2.32. The van der Waals surface area contributed by atoms with Crippen molar-refractivity contribution in [2.75, 3.05) is 5.32 Å². The van der Waals surface area contributed by atoms with E-state index in [0.29, 0.717) is 10.8 Å². The molecule has 2 aromatic heterocycles. The maximum Gasteiger partial charge on any atom is 0.271 e. The molecule has 23 heavy (non-hydrogen) atoms. The minimum atomic E-state index is -0.409. The quantitative estimate of drug-likeness (QED) is 0.511. The molecule has 0 spiro atoms. The lowest BCUT2D eigenvalue weighted by atomic mass is 10.2. The van der Waals surface area contributed by atoms with Crippen LogP contribution in [0.25, 0.3) is 11.3 Å². The number of halogens is 1. The van der Waals surface area contributed by atoms with Gasteiger partial charge >= 0.3 is 0 Å². The molecule has 118 valence electrons. The van der Waals surface area contributed by atoms with Crippen LogP contribution in [0.4, 0.5) is 16.5 Å². The molecule has 0 fully saturated rings. The van der Waals surface area contributed by atoms with Crippen molar-refractivity contribution < 1.29 is 4.92 Å². The first-order valence-electron chi connectivity index (χ1n) is 6.51. The standard InChI is InChI=1S/C15H12N4O2S.BrH/c1-10-4-5-12(19(20)21)7-13(10)17-15-18-14(9-22-15)11-3-2-6-16-8-11;/h2-9H,1H3,(H,17,18);1H. The molecule has 0 saturated heterocycles. The summed E-state index contributed by atoms with van der Waals surface area (Å²) in [5.41, 5.74) is 3.41. The van der Waals surface area contributed by atoms with Gasteiger partial charge in [-0.3, -0.25) is 15.1 Å². The second-order valence-electron chi connectivity index (χ2n) is 4.66. The first kappa shape index (κ1) is 17.0. The molecule has 2 heterocycles. The number of nitro groups is 1. The highest BCUT2D eigenvalue weighted by atomic mass is 79.9. The van der Waals surface area contributed by atoms with Crippen LogP contribution in [0.1, 0.15) is 5.56 Å². The Balaban J connectivity index is 0.00000192. The summed E-state index contributed by atoms with van der Waals surface area (Å²) in [5.74, 6) is 0. The molecular formula is C15H13BrN4O2S. The van der Waals surface area contributed by atoms with Gasteiger partial charge in [-0.1, -0.05) is 6.07 Å². The summed E-state index contributed by atoms with van der Waals surface area (Å²) in [7, 11) is 0. The van der Waals surface area contributed by atoms with Crippen molar-refractivity contribution in [1.29, 1.82) is 0 Å². The Morgan fingerprint density at radius 3 is 2.83 bits per heavy atom. The lowest BCUT2D eigenvalue weighted by Gasteiger charge is -2.06. The van der Waals surface area contributed by atoms with E-state index in [1.54, 1.807) is 18.5 Å². The largest absolute Gasteiger partial charge is 0.331 e. The summed E-state index contributed by atoms with van der Waals surface area (Å²) in [5, 5.41) is 16.6. The van der Waals surface area contributed by atoms with Crippen molar-refractivity contribution >= 4 is 44.8 Å². The fourth-order valence-corrected chi connectivity index (χ4v) is 2.68. The van der Waals surface area contributed by atoms with Gasteiger partial charge in [0, 0.05) is 35.5 Å². The predicted octanol–water partition coefficient (Wildman–Crippen LogP) is 4.74. The number of non-ortho nitro benzene ring substituents is 1. The molecule has 0 radical (unpaired) electrons. The number of aromatic nitrogens is 2. The van der Waals surface area contributed by atoms with Crippen LogP contribution in [-0.2, 0) is 0 Å². The second kappa shape index (κ2) is 7.30. The number of pyridine rings is 1. The van der Waals surface area contributed by atoms with E-state index >= 15 is 0 Å². The molecule has 3 rings (SSSR count). The highest BCUT2D eigenvalue weighted by Gasteiger charge is 2.11. The van der Waals surface area contributed by atoms with Gasteiger partial charge in [-0.05, 0) is 24.6 Å². The van der Waals surface area contributed by atoms with Gasteiger partial charge in [0.05, 0.1) is 16.3 Å². The number of aryl methyl sites for hydroxylation is 1. The van der Waals surface area contributed by atoms with Crippen LogP contribution in [0.15, 0.2) is 48.1 Å². The molecule has 3 aromatic rings. The Bertz CT molecular complexity index is 823. The number of rotatable bonds is 4. The topological polar surface area (TPSA) is 81.0 Å². The molecule has 0 aliphatic heterocycles. The first-order valence-corrected chi connectivity index (χ1v) is 7.39. The molecule has 0 aliphatic rings. The Labute approximate surface area is 147 Å². The van der Waals surface area contributed by atoms with Crippen molar-refractivity contribution in [1.82, 2.24) is 9.97 Å². The van der Waals surface area contributed by atoms with Crippen molar-refractivity contribution in [3.8, 4) is 11.3 Å². The number of hydrogen-bond acceptors (Lipinski definition) is 6. The van der Waals surface area contributed by atoms with E-state index in [2.05, 4.69) is 15.3 Å². The molecule has 0 saturated carbocycles. The minimum Gasteiger partial charge on any atom is -0.331 e. The van der Waals surface area contributed by atoms with Crippen LogP contribution >= 0.6 is 28.3 Å². The number of nitro benzene ring substituents is 1. The number of thiazole rings is 1. The van der Waals surface area contributed by atoms with Crippen LogP contribution < -0.4 is 5.32 Å². The molecule has 0 amide bonds. The van der Waals surface area contributed by atoms with E-state index in [9.17, 15) is 10.1 Å². The first-order chi connectivity index (χ1) is 10.6. The van der Waals surface area contributed by atoms with Crippen LogP contribution in [0, 0.1) is 17.0 Å². The van der Waals surface area contributed by atoms with Crippen LogP contribution in [-0.4, -0.2) is 14.9 Å². The van der Waals surface area contributed by atoms with Crippen molar-refractivity contribution in [2.24, 2.45) is 0 Å². The molecule has 1 N–H and O–H groups in total. The summed E-state index contributed by atoms with van der Waals surface area (Å²) >= 11 is 1.44. The summed E-state index contributed by atoms with van der Waals surface area (Å²) in [6.07, 6.45) is 3.46. The van der Waals surface area contributed by atoms with E-state index < -0.39 is 4.92 Å². The lowest BCUT2D eigenvalue weighted by molar-refractivity contribution is -0.384. The van der Waals surface area contributed by atoms with Gasteiger partial charge in [-0.2, -0.15) is 0 Å². The van der Waals surface area contributed by atoms with Gasteiger partial charge in [0.2, 0.25) is 0 Å². The molecule has 0 atom stereocenters. The van der Waals surface area contributed by atoms with E-state index in [0.717, 1.165) is 16.8 Å². The Morgan fingerprint density at radius 1 is 1.30 bits per heavy atom. The average Bonchev–Trinajstić information content (AvgIpc) is 2.99. The number of nitrogens with one attached hydrogen (secondary N) is 1. The van der Waals surface area contributed by atoms with Crippen molar-refractivity contribution in [3.63, 3.8) is 0 Å². The normalized spacial score (nSPS) is 9.96. The zero-order valence-electron chi connectivity index (χ0n) is 12.1. The zero-order valence-corrected chi connectivity index (χ0v) is 14.6. The zero-order chi connectivity index (χ0) is 15.5. The van der Waals surface area contributed by atoms with Gasteiger partial charge in [-0.25, -0.2) is 4.98 Å². The Morgan fingerprint density at radius 2 is 2.13 bits per heavy atom. The third-order valence-corrected chi connectivity index (χ3v) is 3.89. The number of nitrogens with zero attached hydrogens (tertiary/aromatic N) is 3. The molecule has 0 bridgehead atoms. The third kappa shape index (κ3) is 3.91. The minimum absolute atomic E-state index is 0. The SMILES string of the molecule is Br.Cc1ccc([N+](=O)[O-])cc1Nc1nc(-c2cccnc2)cs1. The number of anilines is 2. The summed E-state index contributed by atoms with van der Waals surface area (Å²) in [4.78, 5) is 19.0. The predicted molar refractivity (Wildman–Crippen MR) is 96.8 cm³/mol. The fourth-order valence-electron chi connectivity index (χ4n) is 1.95. The maximum atomic E-state index is 10.9. The molecule has 6 nitrogen and oxygen atoms in total. The summed E-state index contributed by atoms with van der Waals surface area (Å²) < 4.78 is 0. The van der Waals surface area contributed by atoms with Gasteiger partial charge in [0.25, 0.3) is 5.69 Å². The second-order valence-corrected chi connectivity index (χ2v) is 5.52. The van der Waals surface area contributed by atoms with Gasteiger partial charge < -0.3 is 5.32 Å². The van der Waals surface area contributed by atoms with Gasteiger partial charge in [0.1, 0.15) is 0 Å². The highest BCUT2D eigenvalue weighted by molar-refractivity contribution is 8.93. The smallest absolute Gasteiger partial charge is 0.271 e. The monoisotopic (exact) mass is 392 g/mol. The van der Waals surface area contributed by atoms with Crippen molar-refractivity contribution in [2.45, 2.75) is 6.92 Å². The van der Waals surface area contributed by atoms with Crippen LogP contribution in [0.5, 0.6) is 0 Å². The maximum absolute atomic E-state index is 10.9. The summed E-state index contributed by atoms with van der Waals surface area (Å²) in [6, 6.07) is 8.51. The van der Waals surface area contributed by atoms with E-state index in [-0.39, 0.29) is 22.7 Å². The summed E-state index contributed by atoms with van der Waals surface area (Å²) in [6.45, 7) is 1.89. The van der Waals surface area contributed by atoms with Crippen LogP contribution in [0.3, 0.4) is 0 Å². The molecular weight excluding hydrogens is 380 g/mol. The average molecular weight is 393 g/mol. The Kier molecular flexibility index (Phi) is 5.41. The highest BCUT2D eigenvalue weighted by Crippen LogP contribution is 2.29. The number of hydrogen-bond donors (Lipinski definition) is 1. The van der Waals surface area contributed by atoms with E-state index in [1.165, 1.54) is 23.5 Å². The molecule has 8 heteroatoms. The third-order valence-electron chi connectivity index (χ3n) is 3.14. The fraction of sp³-hybridized carbons (Fsp3) is 0.0667. The molecule has 0 aliphatic carbocycles. The van der Waals surface area contributed by atoms with E-state index in [4.69, 9.17) is 0 Å². The molecule has 1 aromatic carbocycles. The van der Waals surface area contributed by atoms with Crippen molar-refractivity contribution in [3.05, 3.63) is 63.8 Å². The van der Waals surface area contributed by atoms with Gasteiger partial charge in [-0.15, -0.1) is 28.3 Å². The lowest BCUT2D eigenvalue weighted by Crippen LogP contribution is -1.95. The van der Waals surface area contributed by atoms with E-state index in [1.807, 2.05) is 24.4 Å².